The van der Waals surface area contributed by atoms with E-state index in [-0.39, 0.29) is 17.6 Å². The van der Waals surface area contributed by atoms with E-state index in [1.807, 2.05) is 23.1 Å². The lowest BCUT2D eigenvalue weighted by atomic mass is 10.0. The summed E-state index contributed by atoms with van der Waals surface area (Å²) < 4.78 is 16.6. The van der Waals surface area contributed by atoms with Gasteiger partial charge in [0.25, 0.3) is 0 Å². The van der Waals surface area contributed by atoms with Gasteiger partial charge in [-0.25, -0.2) is 0 Å². The van der Waals surface area contributed by atoms with Gasteiger partial charge in [-0.2, -0.15) is 0 Å². The second kappa shape index (κ2) is 11.9. The molecule has 0 bridgehead atoms. The van der Waals surface area contributed by atoms with Crippen molar-refractivity contribution in [1.29, 1.82) is 0 Å². The Balaban J connectivity index is 1.33. The summed E-state index contributed by atoms with van der Waals surface area (Å²) in [5.41, 5.74) is 2.88. The molecular formula is C25H26N4O5S2. The summed E-state index contributed by atoms with van der Waals surface area (Å²) in [6.07, 6.45) is 4.95. The van der Waals surface area contributed by atoms with Crippen molar-refractivity contribution in [1.82, 2.24) is 10.2 Å². The standard InChI is InChI=1S/C25H26N4O5S2/c1-32-19-13-16(14-20(33-2)23(19)34-3)10-11-21(30)26-24-27-28-25(36-24)35-15-22(31)29-12-6-8-17-7-4-5-9-18(17)29/h4-5,7,9-11,13-14H,6,8,12,15H2,1-3H3,(H,26,27,30)/b11-10+. The van der Waals surface area contributed by atoms with E-state index in [1.54, 1.807) is 18.2 Å². The van der Waals surface area contributed by atoms with E-state index in [1.165, 1.54) is 56.1 Å². The molecule has 0 radical (unpaired) electrons. The van der Waals surface area contributed by atoms with Crippen molar-refractivity contribution in [2.45, 2.75) is 17.2 Å². The number of thioether (sulfide) groups is 1. The maximum absolute atomic E-state index is 12.8. The molecule has 188 valence electrons. The molecule has 9 nitrogen and oxygen atoms in total. The third kappa shape index (κ3) is 5.97. The second-order valence-electron chi connectivity index (χ2n) is 7.72. The predicted octanol–water partition coefficient (Wildman–Crippen LogP) is 4.29. The van der Waals surface area contributed by atoms with Crippen molar-refractivity contribution >= 4 is 51.8 Å². The van der Waals surface area contributed by atoms with Crippen LogP contribution in [0.3, 0.4) is 0 Å². The van der Waals surface area contributed by atoms with E-state index >= 15 is 0 Å². The molecule has 11 heteroatoms. The highest BCUT2D eigenvalue weighted by atomic mass is 32.2. The van der Waals surface area contributed by atoms with Gasteiger partial charge in [0, 0.05) is 18.3 Å². The van der Waals surface area contributed by atoms with Crippen LogP contribution in [0.15, 0.2) is 46.8 Å². The number of para-hydroxylation sites is 1. The quantitative estimate of drug-likeness (QED) is 0.250. The van der Waals surface area contributed by atoms with Gasteiger partial charge >= 0.3 is 0 Å². The summed E-state index contributed by atoms with van der Waals surface area (Å²) in [5.74, 6) is 1.37. The van der Waals surface area contributed by atoms with Crippen molar-refractivity contribution in [2.24, 2.45) is 0 Å². The molecule has 4 rings (SSSR count). The van der Waals surface area contributed by atoms with Gasteiger partial charge in [-0.1, -0.05) is 41.3 Å². The molecule has 0 spiro atoms. The minimum Gasteiger partial charge on any atom is -0.493 e. The smallest absolute Gasteiger partial charge is 0.250 e. The lowest BCUT2D eigenvalue weighted by Gasteiger charge is -2.29. The van der Waals surface area contributed by atoms with Crippen LogP contribution in [0, 0.1) is 0 Å². The van der Waals surface area contributed by atoms with E-state index in [2.05, 4.69) is 21.6 Å². The number of hydrogen-bond acceptors (Lipinski definition) is 9. The summed E-state index contributed by atoms with van der Waals surface area (Å²) in [5, 5.41) is 11.2. The van der Waals surface area contributed by atoms with E-state index in [4.69, 9.17) is 14.2 Å². The molecule has 1 aliphatic heterocycles. The minimum absolute atomic E-state index is 0.0289. The molecule has 3 aromatic rings. The molecule has 1 aromatic heterocycles. The Morgan fingerprint density at radius 1 is 1.11 bits per heavy atom. The number of amides is 2. The molecule has 36 heavy (non-hydrogen) atoms. The Morgan fingerprint density at radius 2 is 1.86 bits per heavy atom. The second-order valence-corrected chi connectivity index (χ2v) is 9.92. The lowest BCUT2D eigenvalue weighted by Crippen LogP contribution is -2.36. The topological polar surface area (TPSA) is 103 Å². The molecule has 0 saturated carbocycles. The third-order valence-corrected chi connectivity index (χ3v) is 7.44. The number of carbonyl (C=O) groups excluding carboxylic acids is 2. The maximum atomic E-state index is 12.8. The average Bonchev–Trinajstić information content (AvgIpc) is 3.36. The van der Waals surface area contributed by atoms with Crippen LogP contribution >= 0.6 is 23.1 Å². The largest absolute Gasteiger partial charge is 0.493 e. The zero-order valence-electron chi connectivity index (χ0n) is 20.1. The van der Waals surface area contributed by atoms with Crippen LogP contribution in [0.25, 0.3) is 6.08 Å². The van der Waals surface area contributed by atoms with Crippen LogP contribution < -0.4 is 24.4 Å². The Morgan fingerprint density at radius 3 is 2.58 bits per heavy atom. The summed E-state index contributed by atoms with van der Waals surface area (Å²) in [7, 11) is 4.59. The highest BCUT2D eigenvalue weighted by Crippen LogP contribution is 2.38. The number of aryl methyl sites for hydroxylation is 1. The fraction of sp³-hybridized carbons (Fsp3) is 0.280. The van der Waals surface area contributed by atoms with E-state index in [9.17, 15) is 9.59 Å². The monoisotopic (exact) mass is 526 g/mol. The highest BCUT2D eigenvalue weighted by Gasteiger charge is 2.22. The van der Waals surface area contributed by atoms with Gasteiger partial charge in [0.15, 0.2) is 15.8 Å². The fourth-order valence-corrected chi connectivity index (χ4v) is 5.46. The number of nitrogens with zero attached hydrogens (tertiary/aromatic N) is 3. The zero-order valence-corrected chi connectivity index (χ0v) is 21.8. The van der Waals surface area contributed by atoms with Gasteiger partial charge < -0.3 is 19.1 Å². The summed E-state index contributed by atoms with van der Waals surface area (Å²) in [4.78, 5) is 27.1. The van der Waals surface area contributed by atoms with Crippen molar-refractivity contribution in [2.75, 3.05) is 43.8 Å². The van der Waals surface area contributed by atoms with Crippen molar-refractivity contribution in [3.05, 3.63) is 53.6 Å². The average molecular weight is 527 g/mol. The van der Waals surface area contributed by atoms with Crippen LogP contribution in [0.2, 0.25) is 0 Å². The number of fused-ring (bicyclic) bond motifs is 1. The number of anilines is 2. The summed E-state index contributed by atoms with van der Waals surface area (Å²) >= 11 is 2.53. The van der Waals surface area contributed by atoms with E-state index < -0.39 is 0 Å². The molecule has 1 N–H and O–H groups in total. The van der Waals surface area contributed by atoms with Crippen molar-refractivity contribution < 1.29 is 23.8 Å². The number of rotatable bonds is 9. The summed E-state index contributed by atoms with van der Waals surface area (Å²) in [6.45, 7) is 0.714. The van der Waals surface area contributed by atoms with Gasteiger partial charge in [0.1, 0.15) is 0 Å². The van der Waals surface area contributed by atoms with Crippen LogP contribution in [0.1, 0.15) is 17.5 Å². The molecule has 0 aliphatic carbocycles. The first-order valence-electron chi connectivity index (χ1n) is 11.2. The number of carbonyl (C=O) groups is 2. The molecule has 2 heterocycles. The van der Waals surface area contributed by atoms with E-state index in [0.717, 1.165) is 18.5 Å². The lowest BCUT2D eigenvalue weighted by molar-refractivity contribution is -0.116. The molecule has 0 fully saturated rings. The number of benzene rings is 2. The molecule has 0 saturated heterocycles. The normalized spacial score (nSPS) is 12.8. The molecule has 2 aromatic carbocycles. The SMILES string of the molecule is COc1cc(/C=C/C(=O)Nc2nnc(SCC(=O)N3CCCc4ccccc43)s2)cc(OC)c1OC. The zero-order chi connectivity index (χ0) is 25.5. The Kier molecular flexibility index (Phi) is 8.44. The molecule has 0 atom stereocenters. The van der Waals surface area contributed by atoms with Crippen LogP contribution in [0.5, 0.6) is 17.2 Å². The highest BCUT2D eigenvalue weighted by molar-refractivity contribution is 8.01. The van der Waals surface area contributed by atoms with Crippen LogP contribution in [-0.2, 0) is 16.0 Å². The Bertz CT molecular complexity index is 1250. The number of nitrogens with one attached hydrogen (secondary N) is 1. The first-order valence-corrected chi connectivity index (χ1v) is 13.0. The van der Waals surface area contributed by atoms with Crippen LogP contribution in [-0.4, -0.2) is 55.6 Å². The molecular weight excluding hydrogens is 500 g/mol. The van der Waals surface area contributed by atoms with Crippen molar-refractivity contribution in [3.8, 4) is 17.2 Å². The maximum Gasteiger partial charge on any atom is 0.250 e. The van der Waals surface area contributed by atoms with Gasteiger partial charge in [-0.05, 0) is 48.2 Å². The summed E-state index contributed by atoms with van der Waals surface area (Å²) in [6, 6.07) is 11.5. The van der Waals surface area contributed by atoms with Gasteiger partial charge in [-0.3, -0.25) is 14.9 Å². The predicted molar refractivity (Wildman–Crippen MR) is 142 cm³/mol. The van der Waals surface area contributed by atoms with Gasteiger partial charge in [0.2, 0.25) is 22.7 Å². The third-order valence-electron chi connectivity index (χ3n) is 5.48. The van der Waals surface area contributed by atoms with Crippen LogP contribution in [0.4, 0.5) is 10.8 Å². The van der Waals surface area contributed by atoms with Gasteiger partial charge in [-0.15, -0.1) is 10.2 Å². The number of ether oxygens (including phenoxy) is 3. The minimum atomic E-state index is -0.363. The molecule has 0 unspecified atom stereocenters. The Hall–Kier alpha value is -3.57. The number of methoxy groups -OCH3 is 3. The first kappa shape index (κ1) is 25.5. The first-order chi connectivity index (χ1) is 17.5. The number of aromatic nitrogens is 2. The molecule has 1 aliphatic rings. The Labute approximate surface area is 217 Å². The fourth-order valence-electron chi connectivity index (χ4n) is 3.83. The van der Waals surface area contributed by atoms with Crippen molar-refractivity contribution in [3.63, 3.8) is 0 Å². The van der Waals surface area contributed by atoms with E-state index in [0.29, 0.717) is 38.8 Å². The number of hydrogen-bond donors (Lipinski definition) is 1. The molecule has 2 amide bonds. The van der Waals surface area contributed by atoms with Gasteiger partial charge in [0.05, 0.1) is 27.1 Å².